The summed E-state index contributed by atoms with van der Waals surface area (Å²) in [7, 11) is 0. The van der Waals surface area contributed by atoms with Gasteiger partial charge in [0.15, 0.2) is 0 Å². The first kappa shape index (κ1) is 9.70. The summed E-state index contributed by atoms with van der Waals surface area (Å²) in [6.45, 7) is 6.40. The lowest BCUT2D eigenvalue weighted by Gasteiger charge is -2.06. The van der Waals surface area contributed by atoms with E-state index in [4.69, 9.17) is 5.73 Å². The van der Waals surface area contributed by atoms with Crippen LogP contribution in [0.3, 0.4) is 0 Å². The predicted molar refractivity (Wildman–Crippen MR) is 46.9 cm³/mol. The summed E-state index contributed by atoms with van der Waals surface area (Å²) in [5, 5.41) is 0. The molecule has 0 aliphatic carbocycles. The maximum Gasteiger partial charge on any atom is 0.00476 e. The highest BCUT2D eigenvalue weighted by atomic mass is 14.6. The van der Waals surface area contributed by atoms with Gasteiger partial charge in [-0.05, 0) is 26.2 Å². The van der Waals surface area contributed by atoms with Gasteiger partial charge in [0, 0.05) is 6.04 Å². The van der Waals surface area contributed by atoms with Crippen LogP contribution >= 0.6 is 0 Å². The van der Waals surface area contributed by atoms with Gasteiger partial charge >= 0.3 is 0 Å². The molecule has 0 radical (unpaired) electrons. The number of hydrogen-bond acceptors (Lipinski definition) is 1. The van der Waals surface area contributed by atoms with E-state index >= 15 is 0 Å². The van der Waals surface area contributed by atoms with Gasteiger partial charge in [-0.15, -0.1) is 0 Å². The van der Waals surface area contributed by atoms with Gasteiger partial charge in [-0.3, -0.25) is 0 Å². The number of nitrogens with two attached hydrogens (primary N) is 1. The van der Waals surface area contributed by atoms with E-state index in [1.54, 1.807) is 0 Å². The summed E-state index contributed by atoms with van der Waals surface area (Å²) in [6.07, 6.45) is 5.62. The molecule has 0 aliphatic heterocycles. The van der Waals surface area contributed by atoms with Crippen LogP contribution in [0.2, 0.25) is 0 Å². The molecule has 0 aromatic carbocycles. The molecule has 0 bridgehead atoms. The van der Waals surface area contributed by atoms with Gasteiger partial charge in [0.2, 0.25) is 0 Å². The van der Waals surface area contributed by atoms with E-state index in [2.05, 4.69) is 26.8 Å². The third-order valence-corrected chi connectivity index (χ3v) is 1.53. The van der Waals surface area contributed by atoms with Crippen molar-refractivity contribution >= 4 is 0 Å². The molecule has 60 valence electrons. The Balaban J connectivity index is 3.71. The first-order valence-corrected chi connectivity index (χ1v) is 4.14. The van der Waals surface area contributed by atoms with Crippen molar-refractivity contribution in [1.29, 1.82) is 0 Å². The average Bonchev–Trinajstić information content (AvgIpc) is 1.86. The molecule has 2 N–H and O–H groups in total. The topological polar surface area (TPSA) is 26.0 Å². The zero-order valence-corrected chi connectivity index (χ0v) is 7.35. The molecule has 0 amide bonds. The van der Waals surface area contributed by atoms with Gasteiger partial charge in [-0.25, -0.2) is 0 Å². The zero-order valence-electron chi connectivity index (χ0n) is 7.35. The molecule has 0 aromatic heterocycles. The minimum Gasteiger partial charge on any atom is -0.328 e. The molecule has 1 nitrogen and oxygen atoms in total. The van der Waals surface area contributed by atoms with E-state index in [-0.39, 0.29) is 0 Å². The smallest absolute Gasteiger partial charge is 0.00476 e. The second kappa shape index (κ2) is 5.48. The highest BCUT2D eigenvalue weighted by molar-refractivity contribution is 5.02. The van der Waals surface area contributed by atoms with Gasteiger partial charge < -0.3 is 5.73 Å². The summed E-state index contributed by atoms with van der Waals surface area (Å²) in [5.41, 5.74) is 7.16. The molecule has 0 heterocycles. The lowest BCUT2D eigenvalue weighted by molar-refractivity contribution is 0.711. The molecule has 1 heteroatoms. The van der Waals surface area contributed by atoms with Crippen LogP contribution in [0.1, 0.15) is 40.0 Å². The second-order valence-corrected chi connectivity index (χ2v) is 2.81. The molecular formula is C9H19N. The molecular weight excluding hydrogens is 122 g/mol. The van der Waals surface area contributed by atoms with Gasteiger partial charge in [-0.1, -0.05) is 25.5 Å². The van der Waals surface area contributed by atoms with E-state index in [9.17, 15) is 0 Å². The van der Waals surface area contributed by atoms with Crippen molar-refractivity contribution in [2.75, 3.05) is 0 Å². The highest BCUT2D eigenvalue weighted by Crippen LogP contribution is 2.08. The largest absolute Gasteiger partial charge is 0.328 e. The van der Waals surface area contributed by atoms with E-state index in [0.717, 1.165) is 19.3 Å². The number of rotatable bonds is 4. The Labute approximate surface area is 64.3 Å². The Morgan fingerprint density at radius 1 is 1.50 bits per heavy atom. The van der Waals surface area contributed by atoms with Crippen LogP contribution in [0.4, 0.5) is 0 Å². The minimum atomic E-state index is 0.317. The molecule has 10 heavy (non-hydrogen) atoms. The third-order valence-electron chi connectivity index (χ3n) is 1.53. The van der Waals surface area contributed by atoms with Gasteiger partial charge in [0.05, 0.1) is 0 Å². The second-order valence-electron chi connectivity index (χ2n) is 2.81. The SMILES string of the molecule is CC/C=C(/CC)CC(C)N. The van der Waals surface area contributed by atoms with Crippen LogP contribution in [0, 0.1) is 0 Å². The Morgan fingerprint density at radius 3 is 2.40 bits per heavy atom. The van der Waals surface area contributed by atoms with Crippen LogP contribution in [0.25, 0.3) is 0 Å². The van der Waals surface area contributed by atoms with Crippen LogP contribution in [0.15, 0.2) is 11.6 Å². The molecule has 0 rings (SSSR count). The number of allylic oxidation sites excluding steroid dienone is 1. The lowest BCUT2D eigenvalue weighted by Crippen LogP contribution is -2.15. The summed E-state index contributed by atoms with van der Waals surface area (Å²) < 4.78 is 0. The Hall–Kier alpha value is -0.300. The molecule has 1 unspecified atom stereocenters. The van der Waals surface area contributed by atoms with Crippen LogP contribution < -0.4 is 5.73 Å². The fourth-order valence-electron chi connectivity index (χ4n) is 1.07. The third kappa shape index (κ3) is 4.57. The maximum absolute atomic E-state index is 5.66. The van der Waals surface area contributed by atoms with Crippen LogP contribution in [0.5, 0.6) is 0 Å². The van der Waals surface area contributed by atoms with Crippen LogP contribution in [-0.2, 0) is 0 Å². The highest BCUT2D eigenvalue weighted by Gasteiger charge is 1.96. The monoisotopic (exact) mass is 141 g/mol. The molecule has 0 spiro atoms. The van der Waals surface area contributed by atoms with Gasteiger partial charge in [0.1, 0.15) is 0 Å². The Kier molecular flexibility index (Phi) is 5.32. The van der Waals surface area contributed by atoms with Gasteiger partial charge in [-0.2, -0.15) is 0 Å². The summed E-state index contributed by atoms with van der Waals surface area (Å²) in [6, 6.07) is 0.317. The zero-order chi connectivity index (χ0) is 7.98. The molecule has 0 aliphatic rings. The van der Waals surface area contributed by atoms with Crippen molar-refractivity contribution in [1.82, 2.24) is 0 Å². The van der Waals surface area contributed by atoms with Crippen molar-refractivity contribution in [2.24, 2.45) is 5.73 Å². The number of hydrogen-bond donors (Lipinski definition) is 1. The summed E-state index contributed by atoms with van der Waals surface area (Å²) in [5.74, 6) is 0. The maximum atomic E-state index is 5.66. The molecule has 1 atom stereocenters. The van der Waals surface area contributed by atoms with E-state index < -0.39 is 0 Å². The molecule has 0 saturated heterocycles. The summed E-state index contributed by atoms with van der Waals surface area (Å²) >= 11 is 0. The first-order chi connectivity index (χ1) is 4.70. The lowest BCUT2D eigenvalue weighted by atomic mass is 10.0. The quantitative estimate of drug-likeness (QED) is 0.598. The Morgan fingerprint density at radius 2 is 2.10 bits per heavy atom. The van der Waals surface area contributed by atoms with E-state index in [1.807, 2.05) is 0 Å². The van der Waals surface area contributed by atoms with Crippen LogP contribution in [-0.4, -0.2) is 6.04 Å². The normalized spacial score (nSPS) is 15.4. The molecule has 0 fully saturated rings. The van der Waals surface area contributed by atoms with E-state index in [1.165, 1.54) is 5.57 Å². The molecule has 0 aromatic rings. The first-order valence-electron chi connectivity index (χ1n) is 4.14. The standard InChI is InChI=1S/C9H19N/c1-4-6-9(5-2)7-8(3)10/h6,8H,4-5,7,10H2,1-3H3/b9-6-. The molecule has 0 saturated carbocycles. The van der Waals surface area contributed by atoms with Crippen molar-refractivity contribution in [2.45, 2.75) is 46.1 Å². The average molecular weight is 141 g/mol. The summed E-state index contributed by atoms with van der Waals surface area (Å²) in [4.78, 5) is 0. The van der Waals surface area contributed by atoms with Crippen molar-refractivity contribution < 1.29 is 0 Å². The predicted octanol–water partition coefficient (Wildman–Crippen LogP) is 2.47. The van der Waals surface area contributed by atoms with Gasteiger partial charge in [0.25, 0.3) is 0 Å². The fourth-order valence-corrected chi connectivity index (χ4v) is 1.07. The Bertz CT molecular complexity index is 103. The van der Waals surface area contributed by atoms with Crippen molar-refractivity contribution in [3.63, 3.8) is 0 Å². The van der Waals surface area contributed by atoms with Crippen molar-refractivity contribution in [3.05, 3.63) is 11.6 Å². The minimum absolute atomic E-state index is 0.317. The van der Waals surface area contributed by atoms with Crippen molar-refractivity contribution in [3.8, 4) is 0 Å². The van der Waals surface area contributed by atoms with E-state index in [0.29, 0.717) is 6.04 Å². The fraction of sp³-hybridized carbons (Fsp3) is 0.778.